The normalized spacial score (nSPS) is 19.1. The number of benzene rings is 1. The van der Waals surface area contributed by atoms with Gasteiger partial charge in [0.15, 0.2) is 0 Å². The van der Waals surface area contributed by atoms with E-state index in [4.69, 9.17) is 4.74 Å². The van der Waals surface area contributed by atoms with E-state index in [0.717, 1.165) is 31.4 Å². The molecule has 1 amide bonds. The van der Waals surface area contributed by atoms with Crippen molar-refractivity contribution < 1.29 is 14.6 Å². The van der Waals surface area contributed by atoms with E-state index in [1.807, 2.05) is 37.8 Å². The molecule has 0 bridgehead atoms. The van der Waals surface area contributed by atoms with Crippen LogP contribution in [0.15, 0.2) is 24.3 Å². The zero-order valence-electron chi connectivity index (χ0n) is 12.4. The van der Waals surface area contributed by atoms with Gasteiger partial charge in [-0.3, -0.25) is 0 Å². The van der Waals surface area contributed by atoms with Crippen LogP contribution >= 0.6 is 0 Å². The highest BCUT2D eigenvalue weighted by molar-refractivity contribution is 5.69. The summed E-state index contributed by atoms with van der Waals surface area (Å²) in [6, 6.07) is 7.36. The molecule has 2 rings (SSSR count). The molecule has 0 aliphatic carbocycles. The Bertz CT molecular complexity index is 462. The van der Waals surface area contributed by atoms with Crippen LogP contribution in [0.3, 0.4) is 0 Å². The van der Waals surface area contributed by atoms with Crippen molar-refractivity contribution >= 4 is 6.09 Å². The number of phenolic OH excluding ortho intramolecular Hbond substituents is 1. The Labute approximate surface area is 120 Å². The van der Waals surface area contributed by atoms with E-state index in [9.17, 15) is 9.90 Å². The number of carbonyl (C=O) groups excluding carboxylic acids is 1. The lowest BCUT2D eigenvalue weighted by Gasteiger charge is -2.28. The van der Waals surface area contributed by atoms with Gasteiger partial charge in [-0.05, 0) is 57.7 Å². The second kappa shape index (κ2) is 5.73. The maximum Gasteiger partial charge on any atom is 0.410 e. The first kappa shape index (κ1) is 14.7. The largest absolute Gasteiger partial charge is 0.508 e. The predicted molar refractivity (Wildman–Crippen MR) is 77.8 cm³/mol. The second-order valence-electron chi connectivity index (χ2n) is 6.34. The summed E-state index contributed by atoms with van der Waals surface area (Å²) < 4.78 is 5.46. The lowest BCUT2D eigenvalue weighted by molar-refractivity contribution is 0.0227. The Morgan fingerprint density at radius 2 is 2.00 bits per heavy atom. The number of aromatic hydroxyl groups is 1. The van der Waals surface area contributed by atoms with E-state index in [1.54, 1.807) is 12.1 Å². The minimum Gasteiger partial charge on any atom is -0.508 e. The highest BCUT2D eigenvalue weighted by atomic mass is 16.6. The summed E-state index contributed by atoms with van der Waals surface area (Å²) >= 11 is 0. The van der Waals surface area contributed by atoms with Gasteiger partial charge in [0, 0.05) is 12.6 Å². The number of nitrogens with zero attached hydrogens (tertiary/aromatic N) is 1. The van der Waals surface area contributed by atoms with Crippen molar-refractivity contribution in [3.8, 4) is 5.75 Å². The van der Waals surface area contributed by atoms with E-state index in [1.165, 1.54) is 0 Å². The summed E-state index contributed by atoms with van der Waals surface area (Å²) in [6.45, 7) is 6.42. The standard InChI is InChI=1S/C16H23NO3/c1-16(2,3)20-15(19)17-10-4-5-13(17)11-12-6-8-14(18)9-7-12/h6-9,13,18H,4-5,10-11H2,1-3H3/t13-/m0/s1. The summed E-state index contributed by atoms with van der Waals surface area (Å²) in [7, 11) is 0. The first-order valence-corrected chi connectivity index (χ1v) is 7.13. The molecule has 1 aromatic carbocycles. The number of amides is 1. The quantitative estimate of drug-likeness (QED) is 0.902. The minimum atomic E-state index is -0.456. The highest BCUT2D eigenvalue weighted by Gasteiger charge is 2.32. The van der Waals surface area contributed by atoms with Crippen LogP contribution in [-0.2, 0) is 11.2 Å². The Morgan fingerprint density at radius 3 is 2.60 bits per heavy atom. The Kier molecular flexibility index (Phi) is 4.21. The number of rotatable bonds is 2. The molecule has 0 spiro atoms. The molecule has 1 N–H and O–H groups in total. The number of carbonyl (C=O) groups is 1. The summed E-state index contributed by atoms with van der Waals surface area (Å²) in [6.07, 6.45) is 2.60. The molecule has 110 valence electrons. The van der Waals surface area contributed by atoms with Crippen molar-refractivity contribution in [1.82, 2.24) is 4.90 Å². The maximum atomic E-state index is 12.2. The average Bonchev–Trinajstić information content (AvgIpc) is 2.78. The monoisotopic (exact) mass is 277 g/mol. The molecule has 4 nitrogen and oxygen atoms in total. The van der Waals surface area contributed by atoms with Gasteiger partial charge in [-0.2, -0.15) is 0 Å². The van der Waals surface area contributed by atoms with Crippen LogP contribution < -0.4 is 0 Å². The maximum absolute atomic E-state index is 12.2. The molecule has 1 atom stereocenters. The van der Waals surface area contributed by atoms with E-state index < -0.39 is 5.60 Å². The molecular formula is C16H23NO3. The van der Waals surface area contributed by atoms with Crippen molar-refractivity contribution in [2.24, 2.45) is 0 Å². The lowest BCUT2D eigenvalue weighted by Crippen LogP contribution is -2.40. The SMILES string of the molecule is CC(C)(C)OC(=O)N1CCC[C@H]1Cc1ccc(O)cc1. The van der Waals surface area contributed by atoms with Crippen molar-refractivity contribution in [1.29, 1.82) is 0 Å². The van der Waals surface area contributed by atoms with Gasteiger partial charge in [-0.15, -0.1) is 0 Å². The molecule has 0 saturated carbocycles. The number of ether oxygens (including phenoxy) is 1. The second-order valence-corrected chi connectivity index (χ2v) is 6.34. The van der Waals surface area contributed by atoms with E-state index >= 15 is 0 Å². The molecular weight excluding hydrogens is 254 g/mol. The average molecular weight is 277 g/mol. The third kappa shape index (κ3) is 3.89. The van der Waals surface area contributed by atoms with Crippen molar-refractivity contribution in [3.05, 3.63) is 29.8 Å². The fourth-order valence-electron chi connectivity index (χ4n) is 2.51. The van der Waals surface area contributed by atoms with Crippen LogP contribution in [0, 0.1) is 0 Å². The zero-order chi connectivity index (χ0) is 14.8. The molecule has 1 aromatic rings. The summed E-state index contributed by atoms with van der Waals surface area (Å²) in [5.74, 6) is 0.268. The summed E-state index contributed by atoms with van der Waals surface area (Å²) in [4.78, 5) is 14.0. The fourth-order valence-corrected chi connectivity index (χ4v) is 2.51. The van der Waals surface area contributed by atoms with Gasteiger partial charge in [-0.25, -0.2) is 4.79 Å². The molecule has 4 heteroatoms. The third-order valence-electron chi connectivity index (χ3n) is 3.41. The van der Waals surface area contributed by atoms with Gasteiger partial charge in [0.1, 0.15) is 11.4 Å². The minimum absolute atomic E-state index is 0.189. The van der Waals surface area contributed by atoms with Crippen molar-refractivity contribution in [2.75, 3.05) is 6.54 Å². The van der Waals surface area contributed by atoms with Crippen molar-refractivity contribution in [3.63, 3.8) is 0 Å². The van der Waals surface area contributed by atoms with E-state index in [-0.39, 0.29) is 17.9 Å². The molecule has 1 heterocycles. The van der Waals surface area contributed by atoms with Gasteiger partial charge in [-0.1, -0.05) is 12.1 Å². The molecule has 20 heavy (non-hydrogen) atoms. The lowest BCUT2D eigenvalue weighted by atomic mass is 10.0. The smallest absolute Gasteiger partial charge is 0.410 e. The summed E-state index contributed by atoms with van der Waals surface area (Å²) in [5.41, 5.74) is 0.672. The van der Waals surface area contributed by atoms with Crippen LogP contribution in [0.1, 0.15) is 39.2 Å². The van der Waals surface area contributed by atoms with Crippen molar-refractivity contribution in [2.45, 2.75) is 51.7 Å². The first-order valence-electron chi connectivity index (χ1n) is 7.13. The molecule has 1 aliphatic rings. The van der Waals surface area contributed by atoms with Gasteiger partial charge in [0.2, 0.25) is 0 Å². The van der Waals surface area contributed by atoms with Crippen LogP contribution in [0.5, 0.6) is 5.75 Å². The number of likely N-dealkylation sites (tertiary alicyclic amines) is 1. The van der Waals surface area contributed by atoms with Gasteiger partial charge in [0.25, 0.3) is 0 Å². The van der Waals surface area contributed by atoms with Gasteiger partial charge in [0.05, 0.1) is 0 Å². The Balaban J connectivity index is 2.00. The molecule has 0 aromatic heterocycles. The third-order valence-corrected chi connectivity index (χ3v) is 3.41. The summed E-state index contributed by atoms with van der Waals surface area (Å²) in [5, 5.41) is 9.30. The number of hydrogen-bond donors (Lipinski definition) is 1. The molecule has 1 fully saturated rings. The van der Waals surface area contributed by atoms with Crippen LogP contribution in [0.4, 0.5) is 4.79 Å². The molecule has 0 unspecified atom stereocenters. The predicted octanol–water partition coefficient (Wildman–Crippen LogP) is 3.33. The van der Waals surface area contributed by atoms with Crippen LogP contribution in [0.25, 0.3) is 0 Å². The Morgan fingerprint density at radius 1 is 1.35 bits per heavy atom. The van der Waals surface area contributed by atoms with E-state index in [2.05, 4.69) is 0 Å². The van der Waals surface area contributed by atoms with E-state index in [0.29, 0.717) is 0 Å². The van der Waals surface area contributed by atoms with Crippen LogP contribution in [0.2, 0.25) is 0 Å². The number of phenols is 1. The first-order chi connectivity index (χ1) is 9.35. The van der Waals surface area contributed by atoms with Crippen LogP contribution in [-0.4, -0.2) is 34.3 Å². The molecule has 0 radical (unpaired) electrons. The molecule has 1 saturated heterocycles. The Hall–Kier alpha value is -1.71. The molecule has 1 aliphatic heterocycles. The number of hydrogen-bond acceptors (Lipinski definition) is 3. The highest BCUT2D eigenvalue weighted by Crippen LogP contribution is 2.24. The fraction of sp³-hybridized carbons (Fsp3) is 0.562. The van der Waals surface area contributed by atoms with Gasteiger partial charge >= 0.3 is 6.09 Å². The zero-order valence-corrected chi connectivity index (χ0v) is 12.4. The van der Waals surface area contributed by atoms with Gasteiger partial charge < -0.3 is 14.7 Å². The topological polar surface area (TPSA) is 49.8 Å².